The maximum atomic E-state index is 11.5. The van der Waals surface area contributed by atoms with Crippen molar-refractivity contribution in [3.05, 3.63) is 29.8 Å². The molecule has 0 aliphatic heterocycles. The highest BCUT2D eigenvalue weighted by Crippen LogP contribution is 2.53. The Morgan fingerprint density at radius 3 is 2.40 bits per heavy atom. The molecular formula is C16H25NO2S. The molecule has 0 saturated heterocycles. The van der Waals surface area contributed by atoms with Crippen LogP contribution >= 0.6 is 0 Å². The normalized spacial score (nSPS) is 25.9. The van der Waals surface area contributed by atoms with Gasteiger partial charge in [-0.3, -0.25) is 0 Å². The number of benzene rings is 1. The number of sulfone groups is 1. The van der Waals surface area contributed by atoms with Gasteiger partial charge < -0.3 is 5.32 Å². The minimum Gasteiger partial charge on any atom is -0.316 e. The van der Waals surface area contributed by atoms with E-state index in [0.29, 0.717) is 16.7 Å². The van der Waals surface area contributed by atoms with Crippen LogP contribution in [0.2, 0.25) is 0 Å². The van der Waals surface area contributed by atoms with Gasteiger partial charge in [-0.25, -0.2) is 8.42 Å². The SMILES string of the molecule is CC(C)CNCC1CC1(C)c1ccc(S(C)(=O)=O)cc1. The van der Waals surface area contributed by atoms with Crippen LogP contribution in [0.1, 0.15) is 32.8 Å². The van der Waals surface area contributed by atoms with Crippen molar-refractivity contribution < 1.29 is 8.42 Å². The molecule has 3 nitrogen and oxygen atoms in total. The average Bonchev–Trinajstić information content (AvgIpc) is 3.00. The number of nitrogens with one attached hydrogen (secondary N) is 1. The molecule has 1 aliphatic rings. The van der Waals surface area contributed by atoms with Gasteiger partial charge in [0.2, 0.25) is 0 Å². The van der Waals surface area contributed by atoms with E-state index in [9.17, 15) is 8.42 Å². The average molecular weight is 295 g/mol. The predicted octanol–water partition coefficient (Wildman–Crippen LogP) is 2.61. The second-order valence-electron chi connectivity index (χ2n) is 6.67. The van der Waals surface area contributed by atoms with E-state index in [1.54, 1.807) is 12.1 Å². The van der Waals surface area contributed by atoms with Crippen LogP contribution in [0.25, 0.3) is 0 Å². The molecule has 0 spiro atoms. The third-order valence-corrected chi connectivity index (χ3v) is 5.43. The summed E-state index contributed by atoms with van der Waals surface area (Å²) in [5.41, 5.74) is 1.46. The molecule has 2 rings (SSSR count). The highest BCUT2D eigenvalue weighted by atomic mass is 32.2. The third kappa shape index (κ3) is 3.41. The quantitative estimate of drug-likeness (QED) is 0.877. The summed E-state index contributed by atoms with van der Waals surface area (Å²) in [4.78, 5) is 0.403. The van der Waals surface area contributed by atoms with Crippen LogP contribution in [0.15, 0.2) is 29.2 Å². The fourth-order valence-electron chi connectivity index (χ4n) is 2.73. The molecular weight excluding hydrogens is 270 g/mol. The molecule has 2 unspecified atom stereocenters. The van der Waals surface area contributed by atoms with Crippen molar-refractivity contribution in [2.24, 2.45) is 11.8 Å². The van der Waals surface area contributed by atoms with Gasteiger partial charge in [-0.1, -0.05) is 32.9 Å². The van der Waals surface area contributed by atoms with Crippen molar-refractivity contribution >= 4 is 9.84 Å². The van der Waals surface area contributed by atoms with E-state index in [1.165, 1.54) is 18.2 Å². The lowest BCUT2D eigenvalue weighted by Crippen LogP contribution is -2.24. The number of hydrogen-bond acceptors (Lipinski definition) is 3. The van der Waals surface area contributed by atoms with Crippen molar-refractivity contribution in [3.63, 3.8) is 0 Å². The molecule has 2 atom stereocenters. The molecule has 20 heavy (non-hydrogen) atoms. The second kappa shape index (κ2) is 5.49. The maximum absolute atomic E-state index is 11.5. The molecule has 1 aromatic carbocycles. The zero-order valence-corrected chi connectivity index (χ0v) is 13.6. The third-order valence-electron chi connectivity index (χ3n) is 4.30. The van der Waals surface area contributed by atoms with Crippen molar-refractivity contribution in [2.45, 2.75) is 37.5 Å². The molecule has 1 aliphatic carbocycles. The lowest BCUT2D eigenvalue weighted by Gasteiger charge is -2.14. The van der Waals surface area contributed by atoms with Gasteiger partial charge in [0.25, 0.3) is 0 Å². The fraction of sp³-hybridized carbons (Fsp3) is 0.625. The first-order valence-electron chi connectivity index (χ1n) is 7.25. The van der Waals surface area contributed by atoms with Gasteiger partial charge in [0, 0.05) is 6.26 Å². The Morgan fingerprint density at radius 1 is 1.30 bits per heavy atom. The molecule has 1 fully saturated rings. The van der Waals surface area contributed by atoms with Crippen LogP contribution in [0, 0.1) is 11.8 Å². The van der Waals surface area contributed by atoms with Crippen LogP contribution in [0.4, 0.5) is 0 Å². The van der Waals surface area contributed by atoms with Gasteiger partial charge in [0.1, 0.15) is 0 Å². The first-order valence-corrected chi connectivity index (χ1v) is 9.14. The molecule has 0 heterocycles. The zero-order valence-electron chi connectivity index (χ0n) is 12.8. The minimum atomic E-state index is -3.09. The lowest BCUT2D eigenvalue weighted by atomic mass is 9.95. The Morgan fingerprint density at radius 2 is 1.90 bits per heavy atom. The maximum Gasteiger partial charge on any atom is 0.175 e. The first kappa shape index (κ1) is 15.5. The topological polar surface area (TPSA) is 46.2 Å². The molecule has 4 heteroatoms. The summed E-state index contributed by atoms with van der Waals surface area (Å²) in [5.74, 6) is 1.33. The summed E-state index contributed by atoms with van der Waals surface area (Å²) in [6.45, 7) is 8.79. The van der Waals surface area contributed by atoms with E-state index < -0.39 is 9.84 Å². The Labute approximate surface area is 122 Å². The Bertz CT molecular complexity index is 563. The van der Waals surface area contributed by atoms with Crippen molar-refractivity contribution in [1.82, 2.24) is 5.32 Å². The highest BCUT2D eigenvalue weighted by Gasteiger charge is 2.50. The largest absolute Gasteiger partial charge is 0.316 e. The summed E-state index contributed by atoms with van der Waals surface area (Å²) < 4.78 is 22.9. The van der Waals surface area contributed by atoms with Gasteiger partial charge in [-0.15, -0.1) is 0 Å². The van der Waals surface area contributed by atoms with Gasteiger partial charge in [-0.2, -0.15) is 0 Å². The summed E-state index contributed by atoms with van der Waals surface area (Å²) >= 11 is 0. The van der Waals surface area contributed by atoms with Gasteiger partial charge in [0.05, 0.1) is 4.90 Å². The zero-order chi connectivity index (χ0) is 15.0. The smallest absolute Gasteiger partial charge is 0.175 e. The van der Waals surface area contributed by atoms with E-state index in [4.69, 9.17) is 0 Å². The Hall–Kier alpha value is -0.870. The Balaban J connectivity index is 1.99. The molecule has 0 aromatic heterocycles. The molecule has 0 bridgehead atoms. The van der Waals surface area contributed by atoms with Crippen LogP contribution < -0.4 is 5.32 Å². The van der Waals surface area contributed by atoms with E-state index in [0.717, 1.165) is 13.1 Å². The summed E-state index contributed by atoms with van der Waals surface area (Å²) in [6, 6.07) is 7.40. The van der Waals surface area contributed by atoms with E-state index >= 15 is 0 Å². The van der Waals surface area contributed by atoms with E-state index in [-0.39, 0.29) is 5.41 Å². The highest BCUT2D eigenvalue weighted by molar-refractivity contribution is 7.90. The minimum absolute atomic E-state index is 0.208. The number of hydrogen-bond donors (Lipinski definition) is 1. The van der Waals surface area contributed by atoms with Gasteiger partial charge in [0.15, 0.2) is 9.84 Å². The van der Waals surface area contributed by atoms with Crippen LogP contribution in [0.3, 0.4) is 0 Å². The number of rotatable bonds is 6. The van der Waals surface area contributed by atoms with Crippen molar-refractivity contribution in [3.8, 4) is 0 Å². The summed E-state index contributed by atoms with van der Waals surface area (Å²) in [7, 11) is -3.09. The van der Waals surface area contributed by atoms with Crippen LogP contribution in [0.5, 0.6) is 0 Å². The van der Waals surface area contributed by atoms with Crippen LogP contribution in [-0.2, 0) is 15.3 Å². The molecule has 1 aromatic rings. The first-order chi connectivity index (χ1) is 9.23. The van der Waals surface area contributed by atoms with Gasteiger partial charge in [-0.05, 0) is 54.5 Å². The monoisotopic (exact) mass is 295 g/mol. The standard InChI is InChI=1S/C16H25NO2S/c1-12(2)10-17-11-14-9-16(14,3)13-5-7-15(8-6-13)20(4,18)19/h5-8,12,14,17H,9-11H2,1-4H3. The summed E-state index contributed by atoms with van der Waals surface area (Å²) in [6.07, 6.45) is 2.43. The molecule has 1 N–H and O–H groups in total. The van der Waals surface area contributed by atoms with E-state index in [1.807, 2.05) is 12.1 Å². The van der Waals surface area contributed by atoms with Crippen LogP contribution in [-0.4, -0.2) is 27.8 Å². The lowest BCUT2D eigenvalue weighted by molar-refractivity contribution is 0.515. The molecule has 112 valence electrons. The van der Waals surface area contributed by atoms with E-state index in [2.05, 4.69) is 26.1 Å². The Kier molecular flexibility index (Phi) is 4.26. The molecule has 0 amide bonds. The summed E-state index contributed by atoms with van der Waals surface area (Å²) in [5, 5.41) is 3.51. The fourth-order valence-corrected chi connectivity index (χ4v) is 3.36. The second-order valence-corrected chi connectivity index (χ2v) is 8.68. The van der Waals surface area contributed by atoms with Crippen molar-refractivity contribution in [1.29, 1.82) is 0 Å². The van der Waals surface area contributed by atoms with Crippen molar-refractivity contribution in [2.75, 3.05) is 19.3 Å². The molecule has 1 saturated carbocycles. The predicted molar refractivity (Wildman–Crippen MR) is 82.7 cm³/mol. The van der Waals surface area contributed by atoms with Gasteiger partial charge >= 0.3 is 0 Å². The molecule has 0 radical (unpaired) electrons.